The summed E-state index contributed by atoms with van der Waals surface area (Å²) in [5.41, 5.74) is 1.32. The number of carbonyl (C=O) groups excluding carboxylic acids is 1. The van der Waals surface area contributed by atoms with Crippen molar-refractivity contribution < 1.29 is 26.7 Å². The number of rotatable bonds is 12. The minimum atomic E-state index is -3.82. The summed E-state index contributed by atoms with van der Waals surface area (Å²) in [5.74, 6) is -2.14. The minimum absolute atomic E-state index is 0.0142. The lowest BCUT2D eigenvalue weighted by Gasteiger charge is -2.35. The highest BCUT2D eigenvalue weighted by atomic mass is 35.5. The number of benzene rings is 2. The van der Waals surface area contributed by atoms with Crippen molar-refractivity contribution in [2.75, 3.05) is 38.2 Å². The number of halogens is 3. The number of allylic oxidation sites excluding steroid dienone is 4. The molecule has 2 aliphatic rings. The summed E-state index contributed by atoms with van der Waals surface area (Å²) in [5, 5.41) is 6.20. The third-order valence-corrected chi connectivity index (χ3v) is 10.9. The lowest BCUT2D eigenvalue weighted by Crippen LogP contribution is -2.53. The standard InChI is InChI=1S/C34H42ClF2N3O4S/c1-4-7-27(8-5-2)45(42,43)40-18-17-38-22-26(40)12-13-28-30(36)9-6-10-32(28)39-34(41)23(3)33(24-15-19-44-20-16-24)25-11-14-29(35)31(37)21-25/h4-11,14,21,23-24,26,33,38H,1,12-13,15-20,22H2,2-3H3,(H,39,41)/b8-5-,27-7+/t23-,26+,33?/m0/s1. The number of nitrogens with zero attached hydrogens (tertiary/aromatic N) is 1. The average Bonchev–Trinajstić information content (AvgIpc) is 3.03. The van der Waals surface area contributed by atoms with Crippen LogP contribution in [0.4, 0.5) is 14.5 Å². The van der Waals surface area contributed by atoms with E-state index in [0.29, 0.717) is 49.5 Å². The summed E-state index contributed by atoms with van der Waals surface area (Å²) in [4.78, 5) is 13.9. The van der Waals surface area contributed by atoms with Crippen LogP contribution in [-0.4, -0.2) is 57.5 Å². The lowest BCUT2D eigenvalue weighted by molar-refractivity contribution is -0.120. The number of amides is 1. The molecule has 2 N–H and O–H groups in total. The average molecular weight is 662 g/mol. The molecule has 4 rings (SSSR count). The van der Waals surface area contributed by atoms with Crippen LogP contribution in [0.25, 0.3) is 0 Å². The van der Waals surface area contributed by atoms with Crippen LogP contribution in [-0.2, 0) is 26.0 Å². The van der Waals surface area contributed by atoms with Crippen molar-refractivity contribution in [3.63, 3.8) is 0 Å². The first-order valence-corrected chi connectivity index (χ1v) is 17.2. The minimum Gasteiger partial charge on any atom is -0.381 e. The zero-order valence-corrected chi connectivity index (χ0v) is 27.3. The van der Waals surface area contributed by atoms with Gasteiger partial charge in [0.25, 0.3) is 0 Å². The van der Waals surface area contributed by atoms with Crippen molar-refractivity contribution >= 4 is 33.2 Å². The number of nitrogens with one attached hydrogen (secondary N) is 2. The maximum absolute atomic E-state index is 15.3. The number of ether oxygens (including phenoxy) is 1. The Kier molecular flexibility index (Phi) is 12.5. The molecule has 2 aromatic rings. The van der Waals surface area contributed by atoms with Gasteiger partial charge in [-0.1, -0.05) is 49.4 Å². The van der Waals surface area contributed by atoms with Gasteiger partial charge in [-0.2, -0.15) is 4.31 Å². The summed E-state index contributed by atoms with van der Waals surface area (Å²) in [6.45, 7) is 9.49. The lowest BCUT2D eigenvalue weighted by atomic mass is 9.74. The first kappa shape index (κ1) is 35.0. The number of piperazine rings is 1. The summed E-state index contributed by atoms with van der Waals surface area (Å²) in [6.07, 6.45) is 8.09. The van der Waals surface area contributed by atoms with Crippen molar-refractivity contribution in [1.29, 1.82) is 0 Å². The van der Waals surface area contributed by atoms with Crippen molar-refractivity contribution in [1.82, 2.24) is 9.62 Å². The molecule has 2 heterocycles. The molecule has 0 radical (unpaired) electrons. The number of hydrogen-bond donors (Lipinski definition) is 2. The summed E-state index contributed by atoms with van der Waals surface area (Å²) in [6, 6.07) is 8.75. The van der Waals surface area contributed by atoms with Gasteiger partial charge in [-0.15, -0.1) is 0 Å². The highest BCUT2D eigenvalue weighted by Gasteiger charge is 2.36. The van der Waals surface area contributed by atoms with Crippen LogP contribution in [0.2, 0.25) is 5.02 Å². The molecule has 0 aromatic heterocycles. The molecular weight excluding hydrogens is 620 g/mol. The SMILES string of the molecule is C=C/C=C(\C=C/C)S(=O)(=O)N1CCNC[C@H]1CCc1c(F)cccc1NC(=O)[C@@H](C)C(c1ccc(Cl)c(F)c1)C1CCOCC1. The van der Waals surface area contributed by atoms with E-state index < -0.39 is 33.6 Å². The van der Waals surface area contributed by atoms with Gasteiger partial charge in [0.2, 0.25) is 15.9 Å². The molecule has 3 atom stereocenters. The van der Waals surface area contributed by atoms with E-state index >= 15 is 4.39 Å². The highest BCUT2D eigenvalue weighted by molar-refractivity contribution is 7.93. The van der Waals surface area contributed by atoms with E-state index in [-0.39, 0.29) is 40.6 Å². The third kappa shape index (κ3) is 8.48. The largest absolute Gasteiger partial charge is 0.381 e. The van der Waals surface area contributed by atoms with Gasteiger partial charge in [0, 0.05) is 56.1 Å². The molecule has 0 aliphatic carbocycles. The normalized spacial score (nSPS) is 20.2. The Morgan fingerprint density at radius 3 is 2.67 bits per heavy atom. The Balaban J connectivity index is 1.55. The summed E-state index contributed by atoms with van der Waals surface area (Å²) in [7, 11) is -3.82. The number of sulfonamides is 1. The fraction of sp³-hybridized carbons (Fsp3) is 0.441. The fourth-order valence-electron chi connectivity index (χ4n) is 6.36. The maximum Gasteiger partial charge on any atom is 0.243 e. The molecule has 7 nitrogen and oxygen atoms in total. The van der Waals surface area contributed by atoms with Crippen molar-refractivity contribution in [2.24, 2.45) is 11.8 Å². The van der Waals surface area contributed by atoms with Gasteiger partial charge >= 0.3 is 0 Å². The molecule has 11 heteroatoms. The predicted molar refractivity (Wildman–Crippen MR) is 176 cm³/mol. The van der Waals surface area contributed by atoms with Crippen LogP contribution >= 0.6 is 11.6 Å². The van der Waals surface area contributed by atoms with Gasteiger partial charge in [-0.05, 0) is 86.4 Å². The molecule has 1 unspecified atom stereocenters. The van der Waals surface area contributed by atoms with Gasteiger partial charge in [0.15, 0.2) is 0 Å². The van der Waals surface area contributed by atoms with Gasteiger partial charge in [0.1, 0.15) is 11.6 Å². The molecule has 2 aliphatic heterocycles. The Labute approximate surface area is 270 Å². The van der Waals surface area contributed by atoms with Gasteiger partial charge in [-0.3, -0.25) is 4.79 Å². The second kappa shape index (κ2) is 16.1. The molecule has 45 heavy (non-hydrogen) atoms. The number of anilines is 1. The van der Waals surface area contributed by atoms with Crippen LogP contribution in [0.1, 0.15) is 50.2 Å². The third-order valence-electron chi connectivity index (χ3n) is 8.67. The maximum atomic E-state index is 15.3. The molecule has 0 spiro atoms. The Hall–Kier alpha value is -2.89. The first-order chi connectivity index (χ1) is 21.6. The number of hydrogen-bond acceptors (Lipinski definition) is 5. The van der Waals surface area contributed by atoms with Crippen LogP contribution in [0.3, 0.4) is 0 Å². The Bertz CT molecular complexity index is 1530. The first-order valence-electron chi connectivity index (χ1n) is 15.4. The molecule has 1 amide bonds. The van der Waals surface area contributed by atoms with E-state index in [4.69, 9.17) is 16.3 Å². The van der Waals surface area contributed by atoms with Crippen LogP contribution in [0.15, 0.2) is 72.2 Å². The predicted octanol–water partition coefficient (Wildman–Crippen LogP) is 6.59. The number of carbonyl (C=O) groups is 1. The van der Waals surface area contributed by atoms with Crippen molar-refractivity contribution in [3.8, 4) is 0 Å². The van der Waals surface area contributed by atoms with Crippen LogP contribution in [0.5, 0.6) is 0 Å². The fourth-order valence-corrected chi connectivity index (χ4v) is 8.23. The molecule has 2 aromatic carbocycles. The van der Waals surface area contributed by atoms with E-state index in [2.05, 4.69) is 17.2 Å². The summed E-state index contributed by atoms with van der Waals surface area (Å²) < 4.78 is 63.9. The van der Waals surface area contributed by atoms with Crippen molar-refractivity contribution in [2.45, 2.75) is 51.5 Å². The van der Waals surface area contributed by atoms with E-state index in [1.807, 2.05) is 0 Å². The summed E-state index contributed by atoms with van der Waals surface area (Å²) >= 11 is 5.96. The smallest absolute Gasteiger partial charge is 0.243 e. The van der Waals surface area contributed by atoms with E-state index in [1.54, 1.807) is 32.1 Å². The monoisotopic (exact) mass is 661 g/mol. The second-order valence-electron chi connectivity index (χ2n) is 11.5. The van der Waals surface area contributed by atoms with Gasteiger partial charge in [0.05, 0.1) is 9.93 Å². The topological polar surface area (TPSA) is 87.7 Å². The van der Waals surface area contributed by atoms with Crippen LogP contribution < -0.4 is 10.6 Å². The van der Waals surface area contributed by atoms with E-state index in [0.717, 1.165) is 12.8 Å². The second-order valence-corrected chi connectivity index (χ2v) is 13.8. The Morgan fingerprint density at radius 2 is 1.98 bits per heavy atom. The van der Waals surface area contributed by atoms with Crippen LogP contribution in [0, 0.1) is 23.5 Å². The molecule has 2 saturated heterocycles. The molecule has 2 fully saturated rings. The zero-order valence-electron chi connectivity index (χ0n) is 25.8. The Morgan fingerprint density at radius 1 is 1.22 bits per heavy atom. The molecular formula is C34H42ClF2N3O4S. The quantitative estimate of drug-likeness (QED) is 0.251. The van der Waals surface area contributed by atoms with Gasteiger partial charge in [-0.25, -0.2) is 17.2 Å². The van der Waals surface area contributed by atoms with Gasteiger partial charge < -0.3 is 15.4 Å². The molecule has 0 bridgehead atoms. The van der Waals surface area contributed by atoms with E-state index in [9.17, 15) is 17.6 Å². The van der Waals surface area contributed by atoms with Crippen molar-refractivity contribution in [3.05, 3.63) is 100.0 Å². The molecule has 0 saturated carbocycles. The van der Waals surface area contributed by atoms with E-state index in [1.165, 1.54) is 46.8 Å². The highest BCUT2D eigenvalue weighted by Crippen LogP contribution is 2.39. The molecule has 244 valence electrons. The zero-order chi connectivity index (χ0) is 32.6.